The van der Waals surface area contributed by atoms with Gasteiger partial charge in [-0.3, -0.25) is 0 Å². The van der Waals surface area contributed by atoms with Crippen molar-refractivity contribution in [2.24, 2.45) is 5.73 Å². The summed E-state index contributed by atoms with van der Waals surface area (Å²) in [6, 6.07) is 7.98. The summed E-state index contributed by atoms with van der Waals surface area (Å²) in [5.74, 6) is 0. The Kier molecular flexibility index (Phi) is 2.31. The monoisotopic (exact) mass is 207 g/mol. The van der Waals surface area contributed by atoms with Crippen molar-refractivity contribution in [2.75, 3.05) is 6.54 Å². The molecule has 1 heterocycles. The summed E-state index contributed by atoms with van der Waals surface area (Å²) < 4.78 is 1.13. The first-order valence-corrected chi connectivity index (χ1v) is 5.42. The number of fused-ring (bicyclic) bond motifs is 1. The highest BCUT2D eigenvalue weighted by molar-refractivity contribution is 7.17. The molecule has 0 spiro atoms. The van der Waals surface area contributed by atoms with Crippen LogP contribution >= 0.6 is 11.3 Å². The third-order valence-electron chi connectivity index (χ3n) is 2.46. The van der Waals surface area contributed by atoms with Gasteiger partial charge < -0.3 is 10.8 Å². The normalized spacial score (nSPS) is 15.6. The molecule has 1 aromatic carbocycles. The van der Waals surface area contributed by atoms with Gasteiger partial charge in [0.2, 0.25) is 0 Å². The van der Waals surface area contributed by atoms with E-state index in [0.717, 1.165) is 10.3 Å². The van der Waals surface area contributed by atoms with Gasteiger partial charge in [-0.15, -0.1) is 11.3 Å². The maximum absolute atomic E-state index is 10.1. The van der Waals surface area contributed by atoms with Gasteiger partial charge >= 0.3 is 0 Å². The zero-order valence-corrected chi connectivity index (χ0v) is 8.84. The molecular weight excluding hydrogens is 194 g/mol. The van der Waals surface area contributed by atoms with Crippen LogP contribution < -0.4 is 5.73 Å². The van der Waals surface area contributed by atoms with Crippen molar-refractivity contribution in [3.63, 3.8) is 0 Å². The van der Waals surface area contributed by atoms with Crippen LogP contribution in [0.1, 0.15) is 12.5 Å². The van der Waals surface area contributed by atoms with Crippen molar-refractivity contribution in [3.8, 4) is 0 Å². The molecule has 3 N–H and O–H groups in total. The van der Waals surface area contributed by atoms with Gasteiger partial charge in [-0.25, -0.2) is 0 Å². The van der Waals surface area contributed by atoms with Crippen LogP contribution in [-0.4, -0.2) is 11.7 Å². The first-order chi connectivity index (χ1) is 6.65. The lowest BCUT2D eigenvalue weighted by atomic mass is 9.95. The van der Waals surface area contributed by atoms with E-state index in [1.165, 1.54) is 5.39 Å². The van der Waals surface area contributed by atoms with Crippen LogP contribution in [0.4, 0.5) is 0 Å². The largest absolute Gasteiger partial charge is 0.384 e. The minimum absolute atomic E-state index is 0.240. The number of rotatable bonds is 2. The molecule has 1 aromatic heterocycles. The summed E-state index contributed by atoms with van der Waals surface area (Å²) in [7, 11) is 0. The Morgan fingerprint density at radius 3 is 2.93 bits per heavy atom. The zero-order valence-electron chi connectivity index (χ0n) is 8.03. The number of thiophene rings is 1. The minimum atomic E-state index is -0.926. The molecule has 2 aromatic rings. The summed E-state index contributed by atoms with van der Waals surface area (Å²) in [5.41, 5.74) is 5.55. The quantitative estimate of drug-likeness (QED) is 0.792. The first kappa shape index (κ1) is 9.65. The van der Waals surface area contributed by atoms with E-state index in [-0.39, 0.29) is 6.54 Å². The van der Waals surface area contributed by atoms with E-state index in [1.54, 1.807) is 18.3 Å². The molecule has 0 fully saturated rings. The van der Waals surface area contributed by atoms with Crippen molar-refractivity contribution in [1.82, 2.24) is 0 Å². The Labute approximate surface area is 87.0 Å². The third kappa shape index (κ3) is 1.43. The molecule has 0 aliphatic heterocycles. The van der Waals surface area contributed by atoms with E-state index in [1.807, 2.05) is 23.6 Å². The van der Waals surface area contributed by atoms with Gasteiger partial charge in [0.05, 0.1) is 0 Å². The third-order valence-corrected chi connectivity index (χ3v) is 3.42. The lowest BCUT2D eigenvalue weighted by Crippen LogP contribution is -2.31. The first-order valence-electron chi connectivity index (χ1n) is 4.54. The lowest BCUT2D eigenvalue weighted by Gasteiger charge is -2.22. The van der Waals surface area contributed by atoms with Crippen molar-refractivity contribution >= 4 is 21.4 Å². The second-order valence-electron chi connectivity index (χ2n) is 3.62. The van der Waals surface area contributed by atoms with Crippen LogP contribution in [0.25, 0.3) is 10.1 Å². The summed E-state index contributed by atoms with van der Waals surface area (Å²) in [6.07, 6.45) is 0. The van der Waals surface area contributed by atoms with Crippen LogP contribution in [0.15, 0.2) is 29.6 Å². The molecule has 14 heavy (non-hydrogen) atoms. The number of hydrogen-bond acceptors (Lipinski definition) is 3. The molecule has 1 unspecified atom stereocenters. The molecule has 2 rings (SSSR count). The maximum Gasteiger partial charge on any atom is 0.100 e. The predicted molar refractivity (Wildman–Crippen MR) is 60.5 cm³/mol. The van der Waals surface area contributed by atoms with Gasteiger partial charge in [-0.2, -0.15) is 0 Å². The second-order valence-corrected chi connectivity index (χ2v) is 4.54. The Bertz CT molecular complexity index is 447. The van der Waals surface area contributed by atoms with E-state index >= 15 is 0 Å². The molecule has 0 radical (unpaired) electrons. The van der Waals surface area contributed by atoms with Crippen molar-refractivity contribution < 1.29 is 5.11 Å². The Hall–Kier alpha value is -0.900. The Balaban J connectivity index is 2.67. The van der Waals surface area contributed by atoms with Gasteiger partial charge in [0.25, 0.3) is 0 Å². The lowest BCUT2D eigenvalue weighted by molar-refractivity contribution is 0.0685. The van der Waals surface area contributed by atoms with Gasteiger partial charge in [-0.05, 0) is 23.8 Å². The van der Waals surface area contributed by atoms with E-state index in [4.69, 9.17) is 5.73 Å². The van der Waals surface area contributed by atoms with Crippen molar-refractivity contribution in [3.05, 3.63) is 35.2 Å². The molecule has 0 aliphatic rings. The van der Waals surface area contributed by atoms with E-state index in [9.17, 15) is 5.11 Å². The number of hydrogen-bond donors (Lipinski definition) is 2. The van der Waals surface area contributed by atoms with E-state index < -0.39 is 5.60 Å². The Morgan fingerprint density at radius 1 is 1.43 bits per heavy atom. The van der Waals surface area contributed by atoms with Crippen molar-refractivity contribution in [1.29, 1.82) is 0 Å². The molecule has 1 atom stereocenters. The number of nitrogens with two attached hydrogens (primary N) is 1. The fourth-order valence-corrected chi connectivity index (χ4v) is 2.56. The van der Waals surface area contributed by atoms with Gasteiger partial charge in [0, 0.05) is 16.8 Å². The summed E-state index contributed by atoms with van der Waals surface area (Å²) in [4.78, 5) is 0. The molecule has 0 amide bonds. The van der Waals surface area contributed by atoms with Gasteiger partial charge in [-0.1, -0.05) is 18.2 Å². The van der Waals surface area contributed by atoms with E-state index in [2.05, 4.69) is 6.07 Å². The fourth-order valence-electron chi connectivity index (χ4n) is 1.53. The standard InChI is InChI=1S/C11H13NOS/c1-11(13,7-12)9-4-2-3-8-5-6-14-10(8)9/h2-6,13H,7,12H2,1H3. The number of benzene rings is 1. The highest BCUT2D eigenvalue weighted by Gasteiger charge is 2.23. The van der Waals surface area contributed by atoms with Crippen LogP contribution in [0.2, 0.25) is 0 Å². The highest BCUT2D eigenvalue weighted by atomic mass is 32.1. The average molecular weight is 207 g/mol. The molecule has 0 saturated carbocycles. The second kappa shape index (κ2) is 3.35. The summed E-state index contributed by atoms with van der Waals surface area (Å²) >= 11 is 1.64. The van der Waals surface area contributed by atoms with Crippen LogP contribution in [0.3, 0.4) is 0 Å². The minimum Gasteiger partial charge on any atom is -0.384 e. The zero-order chi connectivity index (χ0) is 10.2. The summed E-state index contributed by atoms with van der Waals surface area (Å²) in [5, 5.41) is 13.3. The summed E-state index contributed by atoms with van der Waals surface area (Å²) in [6.45, 7) is 1.99. The van der Waals surface area contributed by atoms with Gasteiger partial charge in [0.15, 0.2) is 0 Å². The van der Waals surface area contributed by atoms with Crippen LogP contribution in [0, 0.1) is 0 Å². The molecule has 0 aliphatic carbocycles. The van der Waals surface area contributed by atoms with Gasteiger partial charge in [0.1, 0.15) is 5.60 Å². The molecule has 0 bridgehead atoms. The van der Waals surface area contributed by atoms with Crippen LogP contribution in [0.5, 0.6) is 0 Å². The smallest absolute Gasteiger partial charge is 0.100 e. The molecule has 0 saturated heterocycles. The molecule has 2 nitrogen and oxygen atoms in total. The predicted octanol–water partition coefficient (Wildman–Crippen LogP) is 2.07. The van der Waals surface area contributed by atoms with Crippen molar-refractivity contribution in [2.45, 2.75) is 12.5 Å². The topological polar surface area (TPSA) is 46.2 Å². The average Bonchev–Trinajstić information content (AvgIpc) is 2.64. The molecule has 74 valence electrons. The molecular formula is C11H13NOS. The van der Waals surface area contributed by atoms with Crippen LogP contribution in [-0.2, 0) is 5.60 Å². The Morgan fingerprint density at radius 2 is 2.21 bits per heavy atom. The SMILES string of the molecule is CC(O)(CN)c1cccc2ccsc12. The number of aliphatic hydroxyl groups is 1. The fraction of sp³-hybridized carbons (Fsp3) is 0.273. The highest BCUT2D eigenvalue weighted by Crippen LogP contribution is 2.31. The molecule has 3 heteroatoms. The van der Waals surface area contributed by atoms with E-state index in [0.29, 0.717) is 0 Å². The maximum atomic E-state index is 10.1.